The van der Waals surface area contributed by atoms with E-state index in [2.05, 4.69) is 62.2 Å². The highest BCUT2D eigenvalue weighted by molar-refractivity contribution is 5.50. The van der Waals surface area contributed by atoms with Gasteiger partial charge < -0.3 is 10.2 Å². The van der Waals surface area contributed by atoms with Crippen LogP contribution in [0.15, 0.2) is 24.3 Å². The van der Waals surface area contributed by atoms with E-state index in [1.807, 2.05) is 0 Å². The Morgan fingerprint density at radius 1 is 1.33 bits per heavy atom. The Hall–Kier alpha value is -1.02. The molecule has 0 aromatic heterocycles. The molecule has 1 aromatic carbocycles. The van der Waals surface area contributed by atoms with E-state index in [1.165, 1.54) is 24.1 Å². The number of hydrogen-bond donors (Lipinski definition) is 1. The number of benzene rings is 1. The molecule has 100 valence electrons. The molecular weight excluding hydrogens is 220 g/mol. The van der Waals surface area contributed by atoms with Crippen molar-refractivity contribution >= 4 is 5.69 Å². The van der Waals surface area contributed by atoms with Gasteiger partial charge in [-0.3, -0.25) is 0 Å². The molecule has 1 atom stereocenters. The second-order valence-corrected chi connectivity index (χ2v) is 5.68. The van der Waals surface area contributed by atoms with E-state index in [9.17, 15) is 0 Å². The molecule has 1 N–H and O–H groups in total. The zero-order chi connectivity index (χ0) is 13.2. The van der Waals surface area contributed by atoms with Crippen molar-refractivity contribution in [1.29, 1.82) is 0 Å². The second-order valence-electron chi connectivity index (χ2n) is 5.68. The molecule has 0 amide bonds. The van der Waals surface area contributed by atoms with Crippen LogP contribution in [0.2, 0.25) is 0 Å². The Kier molecular flexibility index (Phi) is 3.96. The minimum atomic E-state index is 0.288. The Morgan fingerprint density at radius 2 is 2.06 bits per heavy atom. The topological polar surface area (TPSA) is 15.3 Å². The minimum absolute atomic E-state index is 0.288. The molecule has 1 saturated heterocycles. The molecule has 1 heterocycles. The van der Waals surface area contributed by atoms with Gasteiger partial charge in [-0.25, -0.2) is 0 Å². The zero-order valence-corrected chi connectivity index (χ0v) is 12.2. The SMILES string of the molecule is CCC1(CC)CN(c2cccc(C)c2)C(C)CN1. The fourth-order valence-electron chi connectivity index (χ4n) is 2.89. The molecule has 1 fully saturated rings. The number of hydrogen-bond acceptors (Lipinski definition) is 2. The monoisotopic (exact) mass is 246 g/mol. The number of nitrogens with one attached hydrogen (secondary N) is 1. The van der Waals surface area contributed by atoms with Crippen LogP contribution in [0.3, 0.4) is 0 Å². The van der Waals surface area contributed by atoms with Gasteiger partial charge >= 0.3 is 0 Å². The molecule has 0 radical (unpaired) electrons. The summed E-state index contributed by atoms with van der Waals surface area (Å²) in [5.74, 6) is 0. The van der Waals surface area contributed by atoms with Crippen molar-refractivity contribution in [3.05, 3.63) is 29.8 Å². The number of piperazine rings is 1. The summed E-state index contributed by atoms with van der Waals surface area (Å²) in [5.41, 5.74) is 3.00. The van der Waals surface area contributed by atoms with Gasteiger partial charge in [-0.05, 0) is 44.4 Å². The van der Waals surface area contributed by atoms with Gasteiger partial charge in [0.2, 0.25) is 0 Å². The molecule has 1 aliphatic rings. The third-order valence-electron chi connectivity index (χ3n) is 4.46. The van der Waals surface area contributed by atoms with Crippen LogP contribution in [0.5, 0.6) is 0 Å². The van der Waals surface area contributed by atoms with Crippen molar-refractivity contribution in [2.24, 2.45) is 0 Å². The maximum atomic E-state index is 3.75. The molecule has 2 nitrogen and oxygen atoms in total. The lowest BCUT2D eigenvalue weighted by Crippen LogP contribution is -2.63. The van der Waals surface area contributed by atoms with Crippen molar-refractivity contribution in [3.8, 4) is 0 Å². The average Bonchev–Trinajstić information content (AvgIpc) is 2.40. The zero-order valence-electron chi connectivity index (χ0n) is 12.2. The maximum absolute atomic E-state index is 3.75. The van der Waals surface area contributed by atoms with E-state index in [1.54, 1.807) is 0 Å². The lowest BCUT2D eigenvalue weighted by Gasteiger charge is -2.47. The predicted molar refractivity (Wildman–Crippen MR) is 79.3 cm³/mol. The Bertz CT molecular complexity index is 396. The molecule has 0 bridgehead atoms. The van der Waals surface area contributed by atoms with Gasteiger partial charge in [-0.2, -0.15) is 0 Å². The van der Waals surface area contributed by atoms with E-state index in [-0.39, 0.29) is 5.54 Å². The lowest BCUT2D eigenvalue weighted by molar-refractivity contribution is 0.254. The predicted octanol–water partition coefficient (Wildman–Crippen LogP) is 3.35. The number of anilines is 1. The maximum Gasteiger partial charge on any atom is 0.0387 e. The van der Waals surface area contributed by atoms with Crippen LogP contribution in [0.1, 0.15) is 39.2 Å². The van der Waals surface area contributed by atoms with Crippen molar-refractivity contribution in [3.63, 3.8) is 0 Å². The first-order chi connectivity index (χ1) is 8.60. The molecule has 1 unspecified atom stereocenters. The molecule has 0 aliphatic carbocycles. The van der Waals surface area contributed by atoms with Crippen LogP contribution in [0.25, 0.3) is 0 Å². The highest BCUT2D eigenvalue weighted by Gasteiger charge is 2.35. The van der Waals surface area contributed by atoms with E-state index < -0.39 is 0 Å². The van der Waals surface area contributed by atoms with Crippen molar-refractivity contribution < 1.29 is 0 Å². The van der Waals surface area contributed by atoms with Crippen LogP contribution in [0, 0.1) is 6.92 Å². The van der Waals surface area contributed by atoms with E-state index in [4.69, 9.17) is 0 Å². The minimum Gasteiger partial charge on any atom is -0.366 e. The quantitative estimate of drug-likeness (QED) is 0.880. The van der Waals surface area contributed by atoms with E-state index in [0.29, 0.717) is 6.04 Å². The molecule has 0 spiro atoms. The molecule has 0 saturated carbocycles. The lowest BCUT2D eigenvalue weighted by atomic mass is 9.88. The normalized spacial score (nSPS) is 23.1. The Morgan fingerprint density at radius 3 is 2.67 bits per heavy atom. The van der Waals surface area contributed by atoms with Crippen LogP contribution in [0.4, 0.5) is 5.69 Å². The van der Waals surface area contributed by atoms with Gasteiger partial charge in [0.25, 0.3) is 0 Å². The molecule has 1 aliphatic heterocycles. The fourth-order valence-corrected chi connectivity index (χ4v) is 2.89. The van der Waals surface area contributed by atoms with E-state index >= 15 is 0 Å². The van der Waals surface area contributed by atoms with Crippen LogP contribution < -0.4 is 10.2 Å². The summed E-state index contributed by atoms with van der Waals surface area (Å²) in [7, 11) is 0. The van der Waals surface area contributed by atoms with Crippen molar-refractivity contribution in [2.75, 3.05) is 18.0 Å². The Balaban J connectivity index is 2.25. The summed E-state index contributed by atoms with van der Waals surface area (Å²) in [4.78, 5) is 2.57. The molecule has 2 heteroatoms. The van der Waals surface area contributed by atoms with Gasteiger partial charge in [-0.1, -0.05) is 26.0 Å². The summed E-state index contributed by atoms with van der Waals surface area (Å²) >= 11 is 0. The van der Waals surface area contributed by atoms with Crippen LogP contribution in [-0.4, -0.2) is 24.7 Å². The third kappa shape index (κ3) is 2.54. The molecule has 18 heavy (non-hydrogen) atoms. The fraction of sp³-hybridized carbons (Fsp3) is 0.625. The van der Waals surface area contributed by atoms with Gasteiger partial charge in [0.1, 0.15) is 0 Å². The van der Waals surface area contributed by atoms with Gasteiger partial charge in [0.05, 0.1) is 0 Å². The van der Waals surface area contributed by atoms with Crippen molar-refractivity contribution in [2.45, 2.75) is 52.1 Å². The summed E-state index contributed by atoms with van der Waals surface area (Å²) in [5, 5.41) is 3.75. The average molecular weight is 246 g/mol. The van der Waals surface area contributed by atoms with Crippen LogP contribution >= 0.6 is 0 Å². The highest BCUT2D eigenvalue weighted by atomic mass is 15.3. The summed E-state index contributed by atoms with van der Waals surface area (Å²) < 4.78 is 0. The number of rotatable bonds is 3. The second kappa shape index (κ2) is 5.31. The largest absolute Gasteiger partial charge is 0.366 e. The highest BCUT2D eigenvalue weighted by Crippen LogP contribution is 2.27. The van der Waals surface area contributed by atoms with Crippen molar-refractivity contribution in [1.82, 2.24) is 5.32 Å². The summed E-state index contributed by atoms with van der Waals surface area (Å²) in [6.45, 7) is 11.3. The molecule has 2 rings (SSSR count). The van der Waals surface area contributed by atoms with E-state index in [0.717, 1.165) is 13.1 Å². The standard InChI is InChI=1S/C16H26N2/c1-5-16(6-2)12-18(14(4)11-17-16)15-9-7-8-13(3)10-15/h7-10,14,17H,5-6,11-12H2,1-4H3. The first-order valence-corrected chi connectivity index (χ1v) is 7.18. The smallest absolute Gasteiger partial charge is 0.0387 e. The molecular formula is C16H26N2. The summed E-state index contributed by atoms with van der Waals surface area (Å²) in [6.07, 6.45) is 2.39. The number of aryl methyl sites for hydroxylation is 1. The Labute approximate surface area is 111 Å². The van der Waals surface area contributed by atoms with Gasteiger partial charge in [0.15, 0.2) is 0 Å². The third-order valence-corrected chi connectivity index (χ3v) is 4.46. The summed E-state index contributed by atoms with van der Waals surface area (Å²) in [6, 6.07) is 9.45. The first kappa shape index (κ1) is 13.4. The molecule has 1 aromatic rings. The van der Waals surface area contributed by atoms with Gasteiger partial charge in [0, 0.05) is 30.4 Å². The van der Waals surface area contributed by atoms with Gasteiger partial charge in [-0.15, -0.1) is 0 Å². The number of nitrogens with zero attached hydrogens (tertiary/aromatic N) is 1. The first-order valence-electron chi connectivity index (χ1n) is 7.18. The van der Waals surface area contributed by atoms with Crippen LogP contribution in [-0.2, 0) is 0 Å².